The number of nitrogens with zero attached hydrogens (tertiary/aromatic N) is 2. The van der Waals surface area contributed by atoms with Crippen molar-refractivity contribution in [3.05, 3.63) is 114 Å². The fourth-order valence-electron chi connectivity index (χ4n) is 4.84. The van der Waals surface area contributed by atoms with E-state index in [1.807, 2.05) is 0 Å². The van der Waals surface area contributed by atoms with Gasteiger partial charge in [-0.1, -0.05) is 66.7 Å². The molecule has 0 fully saturated rings. The summed E-state index contributed by atoms with van der Waals surface area (Å²) in [6.45, 7) is 3.04. The third-order valence-corrected chi connectivity index (χ3v) is 6.46. The van der Waals surface area contributed by atoms with Crippen molar-refractivity contribution >= 4 is 22.1 Å². The van der Waals surface area contributed by atoms with Crippen molar-refractivity contribution in [3.8, 4) is 11.3 Å². The van der Waals surface area contributed by atoms with Crippen LogP contribution in [-0.2, 0) is 6.54 Å². The Labute approximate surface area is 188 Å². The maximum absolute atomic E-state index is 3.68. The number of para-hydroxylation sites is 2. The minimum Gasteiger partial charge on any atom is -0.305 e. The molecule has 1 aliphatic heterocycles. The van der Waals surface area contributed by atoms with E-state index in [0.717, 1.165) is 31.6 Å². The molecule has 3 heterocycles. The first-order chi connectivity index (χ1) is 15.8. The molecule has 0 amide bonds. The van der Waals surface area contributed by atoms with Gasteiger partial charge in [-0.25, -0.2) is 4.98 Å². The first kappa shape index (κ1) is 19.0. The number of aromatic nitrogens is 2. The zero-order chi connectivity index (χ0) is 21.3. The molecule has 3 heteroatoms. The summed E-state index contributed by atoms with van der Waals surface area (Å²) < 4.78 is 2.35. The van der Waals surface area contributed by atoms with Gasteiger partial charge in [0.15, 0.2) is 0 Å². The third-order valence-electron chi connectivity index (χ3n) is 6.46. The van der Waals surface area contributed by atoms with Gasteiger partial charge in [-0.05, 0) is 47.4 Å². The minimum absolute atomic E-state index is 0.961. The van der Waals surface area contributed by atoms with Crippen molar-refractivity contribution in [3.63, 3.8) is 0 Å². The Morgan fingerprint density at radius 2 is 1.47 bits per heavy atom. The van der Waals surface area contributed by atoms with Crippen LogP contribution < -0.4 is 4.98 Å². The van der Waals surface area contributed by atoms with E-state index in [2.05, 4.69) is 118 Å². The van der Waals surface area contributed by atoms with E-state index in [-0.39, 0.29) is 0 Å². The number of aromatic amines is 1. The Hall–Kier alpha value is -3.69. The molecule has 156 valence electrons. The highest BCUT2D eigenvalue weighted by Gasteiger charge is 2.19. The van der Waals surface area contributed by atoms with Crippen LogP contribution in [0.15, 0.2) is 103 Å². The maximum Gasteiger partial charge on any atom is 0.235 e. The predicted molar refractivity (Wildman–Crippen MR) is 131 cm³/mol. The summed E-state index contributed by atoms with van der Waals surface area (Å²) in [4.78, 5) is 6.22. The van der Waals surface area contributed by atoms with Gasteiger partial charge in [0.1, 0.15) is 11.0 Å². The summed E-state index contributed by atoms with van der Waals surface area (Å²) in [5.41, 5.74) is 10.1. The SMILES string of the molecule is C1=C(c2ccccc2)CCN(Cc2cc3c(-c4ccccc4)[nH+]c4ccccc4n3c2)C1. The molecule has 0 unspecified atom stereocenters. The number of nitrogens with one attached hydrogen (secondary N) is 1. The smallest absolute Gasteiger partial charge is 0.235 e. The van der Waals surface area contributed by atoms with Gasteiger partial charge in [0.2, 0.25) is 11.2 Å². The predicted octanol–water partition coefficient (Wildman–Crippen LogP) is 5.86. The second-order valence-electron chi connectivity index (χ2n) is 8.57. The van der Waals surface area contributed by atoms with E-state index < -0.39 is 0 Å². The largest absolute Gasteiger partial charge is 0.305 e. The molecule has 3 aromatic carbocycles. The molecule has 6 rings (SSSR count). The summed E-state index contributed by atoms with van der Waals surface area (Å²) in [6.07, 6.45) is 5.81. The Kier molecular flexibility index (Phi) is 4.82. The highest BCUT2D eigenvalue weighted by Crippen LogP contribution is 2.27. The summed E-state index contributed by atoms with van der Waals surface area (Å²) in [5, 5.41) is 0. The average molecular weight is 417 g/mol. The van der Waals surface area contributed by atoms with Gasteiger partial charge >= 0.3 is 0 Å². The highest BCUT2D eigenvalue weighted by atomic mass is 15.1. The zero-order valence-electron chi connectivity index (χ0n) is 18.0. The molecule has 0 saturated heterocycles. The second-order valence-corrected chi connectivity index (χ2v) is 8.57. The average Bonchev–Trinajstić information content (AvgIpc) is 3.29. The molecule has 5 aromatic rings. The summed E-state index contributed by atoms with van der Waals surface area (Å²) in [6, 6.07) is 32.3. The maximum atomic E-state index is 3.68. The van der Waals surface area contributed by atoms with Gasteiger partial charge < -0.3 is 4.40 Å². The highest BCUT2D eigenvalue weighted by molar-refractivity contribution is 5.83. The molecule has 0 aliphatic carbocycles. The van der Waals surface area contributed by atoms with E-state index >= 15 is 0 Å². The fourth-order valence-corrected chi connectivity index (χ4v) is 4.84. The molecule has 0 spiro atoms. The zero-order valence-corrected chi connectivity index (χ0v) is 18.0. The number of hydrogen-bond acceptors (Lipinski definition) is 1. The number of benzene rings is 3. The Bertz CT molecular complexity index is 1410. The monoisotopic (exact) mass is 416 g/mol. The van der Waals surface area contributed by atoms with Crippen molar-refractivity contribution in [1.82, 2.24) is 9.30 Å². The van der Waals surface area contributed by atoms with Crippen LogP contribution in [0, 0.1) is 0 Å². The lowest BCUT2D eigenvalue weighted by Crippen LogP contribution is -2.27. The molecular weight excluding hydrogens is 390 g/mol. The number of rotatable bonds is 4. The number of fused-ring (bicyclic) bond motifs is 3. The van der Waals surface area contributed by atoms with E-state index in [1.165, 1.54) is 39.0 Å². The van der Waals surface area contributed by atoms with E-state index in [4.69, 9.17) is 0 Å². The van der Waals surface area contributed by atoms with Crippen molar-refractivity contribution in [2.24, 2.45) is 0 Å². The van der Waals surface area contributed by atoms with Crippen LogP contribution in [-0.4, -0.2) is 22.4 Å². The van der Waals surface area contributed by atoms with Crippen molar-refractivity contribution in [1.29, 1.82) is 0 Å². The van der Waals surface area contributed by atoms with Gasteiger partial charge in [-0.15, -0.1) is 0 Å². The quantitative estimate of drug-likeness (QED) is 0.359. The van der Waals surface area contributed by atoms with Gasteiger partial charge in [0.05, 0.1) is 0 Å². The van der Waals surface area contributed by atoms with E-state index in [9.17, 15) is 0 Å². The summed E-state index contributed by atoms with van der Waals surface area (Å²) >= 11 is 0. The van der Waals surface area contributed by atoms with Crippen LogP contribution >= 0.6 is 0 Å². The molecular formula is C29H26N3+. The van der Waals surface area contributed by atoms with Crippen LogP contribution in [0.4, 0.5) is 0 Å². The second kappa shape index (κ2) is 8.10. The Morgan fingerprint density at radius 1 is 0.750 bits per heavy atom. The molecule has 32 heavy (non-hydrogen) atoms. The molecule has 0 saturated carbocycles. The topological polar surface area (TPSA) is 21.8 Å². The van der Waals surface area contributed by atoms with Crippen molar-refractivity contribution in [2.45, 2.75) is 13.0 Å². The number of H-pyrrole nitrogens is 1. The van der Waals surface area contributed by atoms with Gasteiger partial charge in [0, 0.05) is 37.5 Å². The van der Waals surface area contributed by atoms with E-state index in [0.29, 0.717) is 0 Å². The standard InChI is InChI=1S/C29H25N3/c1-3-9-23(10-4-1)24-15-17-31(18-16-24)20-22-19-28-29(25-11-5-2-6-12-25)30-26-13-7-8-14-27(26)32(28)21-22/h1-15,19,21H,16-18,20H2/p+1. The molecule has 0 bridgehead atoms. The van der Waals surface area contributed by atoms with Gasteiger partial charge in [-0.2, -0.15) is 0 Å². The minimum atomic E-state index is 0.961. The first-order valence-electron chi connectivity index (χ1n) is 11.3. The van der Waals surface area contributed by atoms with Crippen LogP contribution in [0.25, 0.3) is 33.4 Å². The Balaban J connectivity index is 1.35. The molecule has 1 N–H and O–H groups in total. The Morgan fingerprint density at radius 3 is 2.22 bits per heavy atom. The fraction of sp³-hybridized carbons (Fsp3) is 0.138. The lowest BCUT2D eigenvalue weighted by Gasteiger charge is -2.26. The number of hydrogen-bond donors (Lipinski definition) is 0. The van der Waals surface area contributed by atoms with Crippen molar-refractivity contribution < 1.29 is 4.98 Å². The van der Waals surface area contributed by atoms with Crippen LogP contribution in [0.2, 0.25) is 0 Å². The lowest BCUT2D eigenvalue weighted by molar-refractivity contribution is -0.330. The molecule has 3 nitrogen and oxygen atoms in total. The molecule has 2 aromatic heterocycles. The molecule has 0 radical (unpaired) electrons. The molecule has 0 atom stereocenters. The summed E-state index contributed by atoms with van der Waals surface area (Å²) in [7, 11) is 0. The van der Waals surface area contributed by atoms with Gasteiger partial charge in [-0.3, -0.25) is 4.90 Å². The van der Waals surface area contributed by atoms with Crippen molar-refractivity contribution in [2.75, 3.05) is 13.1 Å². The van der Waals surface area contributed by atoms with E-state index in [1.54, 1.807) is 0 Å². The van der Waals surface area contributed by atoms with Crippen LogP contribution in [0.3, 0.4) is 0 Å². The lowest BCUT2D eigenvalue weighted by atomic mass is 9.99. The summed E-state index contributed by atoms with van der Waals surface area (Å²) in [5.74, 6) is 0. The normalized spacial score (nSPS) is 14.7. The first-order valence-corrected chi connectivity index (χ1v) is 11.3. The van der Waals surface area contributed by atoms with Crippen LogP contribution in [0.1, 0.15) is 17.5 Å². The van der Waals surface area contributed by atoms with Crippen LogP contribution in [0.5, 0.6) is 0 Å². The third kappa shape index (κ3) is 3.51. The van der Waals surface area contributed by atoms with Gasteiger partial charge in [0.25, 0.3) is 0 Å². The molecule has 1 aliphatic rings.